The summed E-state index contributed by atoms with van der Waals surface area (Å²) < 4.78 is 14.7. The topological polar surface area (TPSA) is 88.9 Å². The Morgan fingerprint density at radius 3 is 2.29 bits per heavy atom. The van der Waals surface area contributed by atoms with Crippen LogP contribution >= 0.6 is 11.8 Å². The highest BCUT2D eigenvalue weighted by atomic mass is 32.2. The molecule has 3 rings (SSSR count). The first-order valence-corrected chi connectivity index (χ1v) is 10.5. The molecular weight excluding hydrogens is 417 g/mol. The average Bonchev–Trinajstić information content (AvgIpc) is 3.11. The van der Waals surface area contributed by atoms with Crippen molar-refractivity contribution in [2.45, 2.75) is 25.0 Å². The van der Waals surface area contributed by atoms with Gasteiger partial charge in [-0.1, -0.05) is 35.5 Å². The van der Waals surface area contributed by atoms with Crippen LogP contribution in [0.15, 0.2) is 66.3 Å². The van der Waals surface area contributed by atoms with E-state index in [1.165, 1.54) is 36.0 Å². The summed E-state index contributed by atoms with van der Waals surface area (Å²) in [6, 6.07) is 13.0. The van der Waals surface area contributed by atoms with Crippen LogP contribution in [0.5, 0.6) is 0 Å². The third-order valence-corrected chi connectivity index (χ3v) is 5.19. The average molecular weight is 440 g/mol. The number of aromatic nitrogens is 3. The van der Waals surface area contributed by atoms with Crippen molar-refractivity contribution in [3.8, 4) is 0 Å². The van der Waals surface area contributed by atoms with Gasteiger partial charge < -0.3 is 15.2 Å². The van der Waals surface area contributed by atoms with Gasteiger partial charge in [0.1, 0.15) is 11.6 Å². The fraction of sp³-hybridized carbons (Fsp3) is 0.182. The summed E-state index contributed by atoms with van der Waals surface area (Å²) in [5, 5.41) is 14.3. The van der Waals surface area contributed by atoms with E-state index < -0.39 is 0 Å². The molecule has 0 unspecified atom stereocenters. The smallest absolute Gasteiger partial charge is 0.234 e. The minimum atomic E-state index is -0.378. The van der Waals surface area contributed by atoms with Gasteiger partial charge >= 0.3 is 0 Å². The first kappa shape index (κ1) is 22.2. The minimum Gasteiger partial charge on any atom is -0.326 e. The number of amides is 2. The number of carbonyl (C=O) groups excluding carboxylic acids is 2. The predicted molar refractivity (Wildman–Crippen MR) is 119 cm³/mol. The zero-order chi connectivity index (χ0) is 22.2. The van der Waals surface area contributed by atoms with Crippen molar-refractivity contribution in [1.29, 1.82) is 0 Å². The lowest BCUT2D eigenvalue weighted by Crippen LogP contribution is -2.18. The molecule has 31 heavy (non-hydrogen) atoms. The van der Waals surface area contributed by atoms with E-state index in [1.54, 1.807) is 10.6 Å². The van der Waals surface area contributed by atoms with Crippen molar-refractivity contribution in [2.24, 2.45) is 0 Å². The first-order valence-electron chi connectivity index (χ1n) is 9.52. The summed E-state index contributed by atoms with van der Waals surface area (Å²) in [5.41, 5.74) is 2.33. The maximum Gasteiger partial charge on any atom is 0.234 e. The third-order valence-electron chi connectivity index (χ3n) is 4.22. The predicted octanol–water partition coefficient (Wildman–Crippen LogP) is 3.82. The number of halogens is 1. The molecule has 0 saturated carbocycles. The minimum absolute atomic E-state index is 0.0195. The molecule has 0 spiro atoms. The van der Waals surface area contributed by atoms with Crippen molar-refractivity contribution in [3.05, 3.63) is 78.4 Å². The molecule has 1 aromatic heterocycles. The van der Waals surface area contributed by atoms with Crippen molar-refractivity contribution in [2.75, 3.05) is 16.4 Å². The molecule has 0 aliphatic heterocycles. The molecule has 2 aromatic carbocycles. The maximum absolute atomic E-state index is 13.0. The summed E-state index contributed by atoms with van der Waals surface area (Å²) in [6.45, 7) is 6.10. The summed E-state index contributed by atoms with van der Waals surface area (Å²) in [6.07, 6.45) is 1.65. The van der Waals surface area contributed by atoms with Crippen LogP contribution in [0.4, 0.5) is 15.8 Å². The van der Waals surface area contributed by atoms with E-state index in [2.05, 4.69) is 27.4 Å². The van der Waals surface area contributed by atoms with Gasteiger partial charge in [-0.3, -0.25) is 9.59 Å². The van der Waals surface area contributed by atoms with Gasteiger partial charge in [-0.05, 0) is 43.3 Å². The highest BCUT2D eigenvalue weighted by molar-refractivity contribution is 7.99. The van der Waals surface area contributed by atoms with E-state index in [0.29, 0.717) is 23.2 Å². The zero-order valence-corrected chi connectivity index (χ0v) is 17.8. The SMILES string of the molecule is C=CCn1c(CC(=O)Nc2ccc(F)cc2)nnc1SCC(=O)Nc1ccc(C)cc1. The maximum atomic E-state index is 13.0. The standard InChI is InChI=1S/C22H22FN5O2S/c1-3-12-28-19(13-20(29)24-18-10-6-16(23)7-11-18)26-27-22(28)31-14-21(30)25-17-8-4-15(2)5-9-17/h3-11H,1,12-14H2,2H3,(H,24,29)(H,25,30). The number of hydrogen-bond acceptors (Lipinski definition) is 5. The number of allylic oxidation sites excluding steroid dienone is 1. The molecule has 0 saturated heterocycles. The third kappa shape index (κ3) is 6.51. The van der Waals surface area contributed by atoms with Crippen LogP contribution in [0.2, 0.25) is 0 Å². The van der Waals surface area contributed by atoms with E-state index in [0.717, 1.165) is 11.3 Å². The fourth-order valence-electron chi connectivity index (χ4n) is 2.72. The lowest BCUT2D eigenvalue weighted by Gasteiger charge is -2.09. The molecule has 0 radical (unpaired) electrons. The molecule has 2 amide bonds. The summed E-state index contributed by atoms with van der Waals surface area (Å²) in [5.74, 6) is -0.265. The van der Waals surface area contributed by atoms with Crippen molar-refractivity contribution < 1.29 is 14.0 Å². The van der Waals surface area contributed by atoms with Crippen LogP contribution in [0, 0.1) is 12.7 Å². The molecule has 2 N–H and O–H groups in total. The lowest BCUT2D eigenvalue weighted by molar-refractivity contribution is -0.116. The van der Waals surface area contributed by atoms with Crippen LogP contribution in [-0.4, -0.2) is 32.3 Å². The number of anilines is 2. The molecule has 160 valence electrons. The Labute approximate surface area is 183 Å². The highest BCUT2D eigenvalue weighted by Crippen LogP contribution is 2.19. The van der Waals surface area contributed by atoms with Gasteiger partial charge in [-0.15, -0.1) is 16.8 Å². The molecular formula is C22H22FN5O2S. The first-order chi connectivity index (χ1) is 14.9. The van der Waals surface area contributed by atoms with E-state index in [9.17, 15) is 14.0 Å². The number of nitrogens with zero attached hydrogens (tertiary/aromatic N) is 3. The van der Waals surface area contributed by atoms with Crippen LogP contribution in [-0.2, 0) is 22.6 Å². The van der Waals surface area contributed by atoms with Crippen molar-refractivity contribution >= 4 is 35.0 Å². The van der Waals surface area contributed by atoms with Gasteiger partial charge in [0.2, 0.25) is 11.8 Å². The van der Waals surface area contributed by atoms with Gasteiger partial charge in [-0.25, -0.2) is 4.39 Å². The molecule has 3 aromatic rings. The quantitative estimate of drug-likeness (QED) is 0.391. The van der Waals surface area contributed by atoms with E-state index in [4.69, 9.17) is 0 Å². The fourth-order valence-corrected chi connectivity index (χ4v) is 3.48. The van der Waals surface area contributed by atoms with E-state index in [1.807, 2.05) is 31.2 Å². The van der Waals surface area contributed by atoms with Crippen molar-refractivity contribution in [1.82, 2.24) is 14.8 Å². The van der Waals surface area contributed by atoms with Gasteiger partial charge in [0.15, 0.2) is 5.16 Å². The molecule has 0 aliphatic carbocycles. The van der Waals surface area contributed by atoms with Gasteiger partial charge in [-0.2, -0.15) is 0 Å². The van der Waals surface area contributed by atoms with Crippen LogP contribution in [0.1, 0.15) is 11.4 Å². The number of rotatable bonds is 9. The number of carbonyl (C=O) groups is 2. The Morgan fingerprint density at radius 2 is 1.65 bits per heavy atom. The Balaban J connectivity index is 1.60. The number of thioether (sulfide) groups is 1. The second kappa shape index (κ2) is 10.5. The Bertz CT molecular complexity index is 1060. The normalized spacial score (nSPS) is 10.5. The largest absolute Gasteiger partial charge is 0.326 e. The molecule has 0 fully saturated rings. The van der Waals surface area contributed by atoms with E-state index >= 15 is 0 Å². The van der Waals surface area contributed by atoms with Crippen molar-refractivity contribution in [3.63, 3.8) is 0 Å². The van der Waals surface area contributed by atoms with Gasteiger partial charge in [0, 0.05) is 17.9 Å². The van der Waals surface area contributed by atoms with Crippen LogP contribution in [0.3, 0.4) is 0 Å². The molecule has 7 nitrogen and oxygen atoms in total. The highest BCUT2D eigenvalue weighted by Gasteiger charge is 2.16. The number of benzene rings is 2. The van der Waals surface area contributed by atoms with E-state index in [-0.39, 0.29) is 29.8 Å². The molecule has 1 heterocycles. The van der Waals surface area contributed by atoms with Crippen LogP contribution in [0.25, 0.3) is 0 Å². The second-order valence-electron chi connectivity index (χ2n) is 6.73. The number of hydrogen-bond donors (Lipinski definition) is 2. The summed E-state index contributed by atoms with van der Waals surface area (Å²) in [7, 11) is 0. The number of nitrogens with one attached hydrogen (secondary N) is 2. The number of aryl methyl sites for hydroxylation is 1. The monoisotopic (exact) mass is 439 g/mol. The summed E-state index contributed by atoms with van der Waals surface area (Å²) in [4.78, 5) is 24.6. The summed E-state index contributed by atoms with van der Waals surface area (Å²) >= 11 is 1.23. The Hall–Kier alpha value is -3.46. The Kier molecular flexibility index (Phi) is 7.55. The molecule has 9 heteroatoms. The lowest BCUT2D eigenvalue weighted by atomic mass is 10.2. The molecule has 0 bridgehead atoms. The Morgan fingerprint density at radius 1 is 1.03 bits per heavy atom. The van der Waals surface area contributed by atoms with Gasteiger partial charge in [0.25, 0.3) is 0 Å². The second-order valence-corrected chi connectivity index (χ2v) is 7.68. The molecule has 0 atom stereocenters. The molecule has 0 aliphatic rings. The van der Waals surface area contributed by atoms with Gasteiger partial charge in [0.05, 0.1) is 12.2 Å². The van der Waals surface area contributed by atoms with Crippen LogP contribution < -0.4 is 10.6 Å². The zero-order valence-electron chi connectivity index (χ0n) is 17.0.